The number of carbonyl (C=O) groups excluding carboxylic acids is 1. The highest BCUT2D eigenvalue weighted by Crippen LogP contribution is 2.18. The summed E-state index contributed by atoms with van der Waals surface area (Å²) in [4.78, 5) is 16.3. The highest BCUT2D eigenvalue weighted by atomic mass is 79.9. The van der Waals surface area contributed by atoms with Crippen molar-refractivity contribution in [3.63, 3.8) is 0 Å². The third kappa shape index (κ3) is 3.92. The number of nitrogens with two attached hydrogens (primary N) is 1. The molecule has 6 heteroatoms. The van der Waals surface area contributed by atoms with Crippen LogP contribution in [0, 0.1) is 0 Å². The molecule has 0 aliphatic rings. The van der Waals surface area contributed by atoms with Crippen LogP contribution in [0.3, 0.4) is 0 Å². The molecule has 1 aromatic carbocycles. The molecule has 0 saturated heterocycles. The topological polar surface area (TPSA) is 81.1 Å². The Morgan fingerprint density at radius 2 is 2.10 bits per heavy atom. The molecule has 0 saturated carbocycles. The van der Waals surface area contributed by atoms with Gasteiger partial charge in [-0.05, 0) is 31.0 Å². The molecule has 0 bridgehead atoms. The van der Waals surface area contributed by atoms with Crippen LogP contribution in [0.25, 0.3) is 0 Å². The van der Waals surface area contributed by atoms with Gasteiger partial charge in [0.2, 0.25) is 5.89 Å². The summed E-state index contributed by atoms with van der Waals surface area (Å²) in [6, 6.07) is 7.38. The average Bonchev–Trinajstić information content (AvgIpc) is 2.97. The van der Waals surface area contributed by atoms with Gasteiger partial charge in [0.05, 0.1) is 12.1 Å². The van der Waals surface area contributed by atoms with E-state index in [0.29, 0.717) is 12.3 Å². The zero-order valence-electron chi connectivity index (χ0n) is 12.0. The van der Waals surface area contributed by atoms with Crippen LogP contribution in [-0.2, 0) is 0 Å². The summed E-state index contributed by atoms with van der Waals surface area (Å²) in [6.45, 7) is 3.85. The minimum absolute atomic E-state index is 0.120. The van der Waals surface area contributed by atoms with Crippen molar-refractivity contribution in [1.29, 1.82) is 0 Å². The van der Waals surface area contributed by atoms with Crippen molar-refractivity contribution in [3.8, 4) is 0 Å². The Bertz CT molecular complexity index is 610. The minimum Gasteiger partial charge on any atom is -0.446 e. The summed E-state index contributed by atoms with van der Waals surface area (Å²) in [7, 11) is 0. The van der Waals surface area contributed by atoms with Gasteiger partial charge in [0, 0.05) is 4.47 Å². The molecular weight excluding hydrogens is 334 g/mol. The van der Waals surface area contributed by atoms with Gasteiger partial charge in [-0.15, -0.1) is 0 Å². The highest BCUT2D eigenvalue weighted by Gasteiger charge is 2.17. The van der Waals surface area contributed by atoms with Crippen molar-refractivity contribution < 1.29 is 9.21 Å². The SMILES string of the molecule is CCC(N)c1nc(C(=O)NC(C)c2ccc(Br)cc2)co1. The number of carbonyl (C=O) groups is 1. The molecule has 0 aliphatic heterocycles. The van der Waals surface area contributed by atoms with Gasteiger partial charge in [-0.25, -0.2) is 4.98 Å². The molecule has 3 N–H and O–H groups in total. The third-order valence-electron chi connectivity index (χ3n) is 3.23. The Morgan fingerprint density at radius 3 is 2.71 bits per heavy atom. The van der Waals surface area contributed by atoms with Crippen molar-refractivity contribution in [2.24, 2.45) is 5.73 Å². The number of oxazole rings is 1. The van der Waals surface area contributed by atoms with E-state index in [2.05, 4.69) is 26.2 Å². The maximum absolute atomic E-state index is 12.1. The van der Waals surface area contributed by atoms with E-state index in [1.165, 1.54) is 6.26 Å². The van der Waals surface area contributed by atoms with Gasteiger partial charge in [0.1, 0.15) is 6.26 Å². The van der Waals surface area contributed by atoms with E-state index >= 15 is 0 Å². The predicted octanol–water partition coefficient (Wildman–Crippen LogP) is 3.34. The monoisotopic (exact) mass is 351 g/mol. The molecule has 21 heavy (non-hydrogen) atoms. The quantitative estimate of drug-likeness (QED) is 0.865. The number of hydrogen-bond acceptors (Lipinski definition) is 4. The molecule has 2 rings (SSSR count). The normalized spacial score (nSPS) is 13.7. The Labute approximate surface area is 132 Å². The maximum Gasteiger partial charge on any atom is 0.273 e. The summed E-state index contributed by atoms with van der Waals surface area (Å²) in [5.41, 5.74) is 7.08. The number of hydrogen-bond donors (Lipinski definition) is 2. The van der Waals surface area contributed by atoms with Crippen molar-refractivity contribution >= 4 is 21.8 Å². The molecule has 0 radical (unpaired) electrons. The maximum atomic E-state index is 12.1. The number of halogens is 1. The van der Waals surface area contributed by atoms with Gasteiger partial charge in [0.15, 0.2) is 5.69 Å². The largest absolute Gasteiger partial charge is 0.446 e. The van der Waals surface area contributed by atoms with E-state index < -0.39 is 0 Å². The summed E-state index contributed by atoms with van der Waals surface area (Å²) in [5.74, 6) is 0.114. The molecule has 1 heterocycles. The number of rotatable bonds is 5. The summed E-state index contributed by atoms with van der Waals surface area (Å²) in [6.07, 6.45) is 2.05. The summed E-state index contributed by atoms with van der Waals surface area (Å²) in [5, 5.41) is 2.88. The first-order chi connectivity index (χ1) is 10.0. The molecule has 112 valence electrons. The fourth-order valence-corrected chi connectivity index (χ4v) is 2.11. The molecule has 0 spiro atoms. The van der Waals surface area contributed by atoms with Gasteiger partial charge >= 0.3 is 0 Å². The molecular formula is C15H18BrN3O2. The number of aromatic nitrogens is 1. The van der Waals surface area contributed by atoms with Crippen molar-refractivity contribution in [3.05, 3.63) is 52.1 Å². The minimum atomic E-state index is -0.282. The highest BCUT2D eigenvalue weighted by molar-refractivity contribution is 9.10. The van der Waals surface area contributed by atoms with Crippen molar-refractivity contribution in [1.82, 2.24) is 10.3 Å². The fourth-order valence-electron chi connectivity index (χ4n) is 1.84. The van der Waals surface area contributed by atoms with Gasteiger partial charge in [-0.2, -0.15) is 0 Å². The van der Waals surface area contributed by atoms with E-state index in [-0.39, 0.29) is 23.7 Å². The first kappa shape index (κ1) is 15.7. The van der Waals surface area contributed by atoms with Gasteiger partial charge in [-0.1, -0.05) is 35.0 Å². The van der Waals surface area contributed by atoms with Crippen LogP contribution in [0.2, 0.25) is 0 Å². The van der Waals surface area contributed by atoms with Crippen molar-refractivity contribution in [2.75, 3.05) is 0 Å². The van der Waals surface area contributed by atoms with Crippen LogP contribution < -0.4 is 11.1 Å². The number of nitrogens with one attached hydrogen (secondary N) is 1. The second-order valence-electron chi connectivity index (χ2n) is 4.83. The standard InChI is InChI=1S/C15H18BrN3O2/c1-3-12(17)15-19-13(8-21-15)14(20)18-9(2)10-4-6-11(16)7-5-10/h4-9,12H,3,17H2,1-2H3,(H,18,20). The van der Waals surface area contributed by atoms with E-state index in [9.17, 15) is 4.79 Å². The lowest BCUT2D eigenvalue weighted by Crippen LogP contribution is -2.27. The van der Waals surface area contributed by atoms with Gasteiger partial charge < -0.3 is 15.5 Å². The second-order valence-corrected chi connectivity index (χ2v) is 5.75. The van der Waals surface area contributed by atoms with Crippen LogP contribution in [0.1, 0.15) is 54.3 Å². The predicted molar refractivity (Wildman–Crippen MR) is 83.7 cm³/mol. The first-order valence-electron chi connectivity index (χ1n) is 6.78. The Kier molecular flexibility index (Phi) is 5.14. The summed E-state index contributed by atoms with van der Waals surface area (Å²) < 4.78 is 6.24. The lowest BCUT2D eigenvalue weighted by Gasteiger charge is -2.13. The summed E-state index contributed by atoms with van der Waals surface area (Å²) >= 11 is 3.38. The van der Waals surface area contributed by atoms with E-state index in [1.54, 1.807) is 0 Å². The van der Waals surface area contributed by atoms with Crippen LogP contribution in [0.5, 0.6) is 0 Å². The zero-order valence-corrected chi connectivity index (χ0v) is 13.6. The Balaban J connectivity index is 2.03. The average molecular weight is 352 g/mol. The van der Waals surface area contributed by atoms with Gasteiger partial charge in [-0.3, -0.25) is 4.79 Å². The fraction of sp³-hybridized carbons (Fsp3) is 0.333. The van der Waals surface area contributed by atoms with E-state index in [1.807, 2.05) is 38.1 Å². The van der Waals surface area contributed by atoms with Gasteiger partial charge in [0.25, 0.3) is 5.91 Å². The second kappa shape index (κ2) is 6.87. The molecule has 0 aliphatic carbocycles. The molecule has 2 atom stereocenters. The zero-order chi connectivity index (χ0) is 15.4. The molecule has 2 unspecified atom stereocenters. The Morgan fingerprint density at radius 1 is 1.43 bits per heavy atom. The molecule has 1 aromatic heterocycles. The van der Waals surface area contributed by atoms with Crippen LogP contribution in [-0.4, -0.2) is 10.9 Å². The molecule has 1 amide bonds. The lowest BCUT2D eigenvalue weighted by atomic mass is 10.1. The number of nitrogens with zero attached hydrogens (tertiary/aromatic N) is 1. The Hall–Kier alpha value is -1.66. The third-order valence-corrected chi connectivity index (χ3v) is 3.76. The number of benzene rings is 1. The first-order valence-corrected chi connectivity index (χ1v) is 7.58. The van der Waals surface area contributed by atoms with E-state index in [4.69, 9.17) is 10.2 Å². The molecule has 5 nitrogen and oxygen atoms in total. The van der Waals surface area contributed by atoms with E-state index in [0.717, 1.165) is 10.0 Å². The molecule has 0 fully saturated rings. The lowest BCUT2D eigenvalue weighted by molar-refractivity contribution is 0.0935. The smallest absolute Gasteiger partial charge is 0.273 e. The van der Waals surface area contributed by atoms with Crippen LogP contribution >= 0.6 is 15.9 Å². The van der Waals surface area contributed by atoms with Crippen LogP contribution in [0.4, 0.5) is 0 Å². The van der Waals surface area contributed by atoms with Crippen LogP contribution in [0.15, 0.2) is 39.4 Å². The molecule has 2 aromatic rings. The number of amides is 1. The van der Waals surface area contributed by atoms with Crippen molar-refractivity contribution in [2.45, 2.75) is 32.4 Å².